The number of aryl methyl sites for hydroxylation is 2. The molecule has 0 saturated heterocycles. The van der Waals surface area contributed by atoms with Crippen molar-refractivity contribution in [1.82, 2.24) is 9.97 Å². The van der Waals surface area contributed by atoms with Gasteiger partial charge in [-0.25, -0.2) is 4.98 Å². The van der Waals surface area contributed by atoms with Crippen LogP contribution in [0.25, 0.3) is 0 Å². The quantitative estimate of drug-likeness (QED) is 0.931. The average Bonchev–Trinajstić information content (AvgIpc) is 2.51. The van der Waals surface area contributed by atoms with Crippen molar-refractivity contribution >= 4 is 5.95 Å². The number of hydrogen-bond donors (Lipinski definition) is 1. The molecule has 0 fully saturated rings. The first-order valence-electron chi connectivity index (χ1n) is 7.32. The average molecular weight is 287 g/mol. The van der Waals surface area contributed by atoms with E-state index in [1.54, 1.807) is 0 Å². The van der Waals surface area contributed by atoms with E-state index in [4.69, 9.17) is 4.74 Å². The summed E-state index contributed by atoms with van der Waals surface area (Å²) in [7, 11) is 0. The summed E-state index contributed by atoms with van der Waals surface area (Å²) in [6.07, 6.45) is 5.73. The van der Waals surface area contributed by atoms with Gasteiger partial charge in [0.25, 0.3) is 5.88 Å². The second-order valence-electron chi connectivity index (χ2n) is 5.12. The minimum Gasteiger partial charge on any atom is -0.436 e. The molecule has 3 rings (SSSR count). The molecule has 1 N–H and O–H groups in total. The fourth-order valence-corrected chi connectivity index (χ4v) is 2.55. The largest absolute Gasteiger partial charge is 0.436 e. The number of anilines is 1. The van der Waals surface area contributed by atoms with Crippen molar-refractivity contribution in [1.29, 1.82) is 0 Å². The van der Waals surface area contributed by atoms with Crippen LogP contribution in [0.5, 0.6) is 11.6 Å². The molecule has 0 radical (unpaired) electrons. The molecule has 1 heterocycles. The predicted octanol–water partition coefficient (Wildman–Crippen LogP) is 3.72. The van der Waals surface area contributed by atoms with Gasteiger partial charge in [0.05, 0.1) is 6.20 Å². The molecule has 1 aliphatic rings. The van der Waals surface area contributed by atoms with Gasteiger partial charge in [-0.15, -0.1) is 0 Å². The fourth-order valence-electron chi connectivity index (χ4n) is 2.55. The molecule has 0 unspecified atom stereocenters. The van der Waals surface area contributed by atoms with Crippen LogP contribution in [0.1, 0.15) is 30.9 Å². The second kappa shape index (κ2) is 6.08. The maximum absolute atomic E-state index is 13.8. The van der Waals surface area contributed by atoms with Crippen molar-refractivity contribution in [3.8, 4) is 11.6 Å². The molecule has 0 aliphatic heterocycles. The Labute approximate surface area is 123 Å². The van der Waals surface area contributed by atoms with E-state index in [1.807, 2.05) is 19.1 Å². The van der Waals surface area contributed by atoms with Gasteiger partial charge in [-0.1, -0.05) is 6.07 Å². The number of hydrogen-bond acceptors (Lipinski definition) is 4. The van der Waals surface area contributed by atoms with Gasteiger partial charge in [-0.3, -0.25) is 0 Å². The molecule has 1 aromatic carbocycles. The molecule has 4 nitrogen and oxygen atoms in total. The second-order valence-corrected chi connectivity index (χ2v) is 5.12. The summed E-state index contributed by atoms with van der Waals surface area (Å²) in [5.74, 6) is 0.383. The summed E-state index contributed by atoms with van der Waals surface area (Å²) < 4.78 is 19.4. The fraction of sp³-hybridized carbons (Fsp3) is 0.375. The molecular weight excluding hydrogens is 269 g/mol. The van der Waals surface area contributed by atoms with Crippen LogP contribution >= 0.6 is 0 Å². The lowest BCUT2D eigenvalue weighted by Crippen LogP contribution is -2.05. The Morgan fingerprint density at radius 3 is 2.86 bits per heavy atom. The van der Waals surface area contributed by atoms with Crippen molar-refractivity contribution in [2.75, 3.05) is 11.9 Å². The molecule has 5 heteroatoms. The van der Waals surface area contributed by atoms with E-state index < -0.39 is 5.82 Å². The molecule has 0 atom stereocenters. The van der Waals surface area contributed by atoms with Gasteiger partial charge in [0.1, 0.15) is 5.75 Å². The van der Waals surface area contributed by atoms with E-state index in [9.17, 15) is 4.39 Å². The van der Waals surface area contributed by atoms with Gasteiger partial charge in [-0.2, -0.15) is 9.37 Å². The Kier molecular flexibility index (Phi) is 3.99. The third-order valence-corrected chi connectivity index (χ3v) is 3.58. The topological polar surface area (TPSA) is 47.0 Å². The van der Waals surface area contributed by atoms with Gasteiger partial charge >= 0.3 is 0 Å². The zero-order valence-electron chi connectivity index (χ0n) is 12.0. The lowest BCUT2D eigenvalue weighted by Gasteiger charge is -2.16. The van der Waals surface area contributed by atoms with Crippen LogP contribution in [0.2, 0.25) is 0 Å². The summed E-state index contributed by atoms with van der Waals surface area (Å²) >= 11 is 0. The Bertz CT molecular complexity index is 645. The van der Waals surface area contributed by atoms with Gasteiger partial charge in [0.2, 0.25) is 11.8 Å². The maximum atomic E-state index is 13.8. The molecule has 1 aliphatic carbocycles. The van der Waals surface area contributed by atoms with Gasteiger partial charge in [-0.05, 0) is 55.9 Å². The number of nitrogens with one attached hydrogen (secondary N) is 1. The molecule has 0 amide bonds. The van der Waals surface area contributed by atoms with Crippen molar-refractivity contribution in [2.45, 2.75) is 32.6 Å². The van der Waals surface area contributed by atoms with Crippen molar-refractivity contribution in [3.63, 3.8) is 0 Å². The normalized spacial score (nSPS) is 13.6. The van der Waals surface area contributed by atoms with Crippen molar-refractivity contribution in [3.05, 3.63) is 41.3 Å². The first-order chi connectivity index (χ1) is 10.3. The first-order valence-corrected chi connectivity index (χ1v) is 7.32. The van der Waals surface area contributed by atoms with Gasteiger partial charge < -0.3 is 10.1 Å². The van der Waals surface area contributed by atoms with E-state index in [2.05, 4.69) is 21.4 Å². The predicted molar refractivity (Wildman–Crippen MR) is 79.3 cm³/mol. The highest BCUT2D eigenvalue weighted by molar-refractivity contribution is 5.39. The number of ether oxygens (including phenoxy) is 1. The molecule has 2 aromatic rings. The SMILES string of the molecule is CCNc1ncc(F)c(Oc2ccc3c(c2)CCCC3)n1. The molecule has 21 heavy (non-hydrogen) atoms. The van der Waals surface area contributed by atoms with Crippen LogP contribution in [0, 0.1) is 5.82 Å². The smallest absolute Gasteiger partial charge is 0.260 e. The molecule has 1 aromatic heterocycles. The van der Waals surface area contributed by atoms with E-state index in [0.29, 0.717) is 18.2 Å². The minimum atomic E-state index is -0.561. The molecule has 0 saturated carbocycles. The summed E-state index contributed by atoms with van der Waals surface area (Å²) in [6.45, 7) is 2.60. The summed E-state index contributed by atoms with van der Waals surface area (Å²) in [4.78, 5) is 7.91. The number of nitrogens with zero attached hydrogens (tertiary/aromatic N) is 2. The maximum Gasteiger partial charge on any atom is 0.260 e. The standard InChI is InChI=1S/C16H18FN3O/c1-2-18-16-19-10-14(17)15(20-16)21-13-8-7-11-5-3-4-6-12(11)9-13/h7-10H,2-6H2,1H3,(H,18,19,20). The lowest BCUT2D eigenvalue weighted by molar-refractivity contribution is 0.419. The zero-order chi connectivity index (χ0) is 14.7. The van der Waals surface area contributed by atoms with Gasteiger partial charge in [0.15, 0.2) is 0 Å². The van der Waals surface area contributed by atoms with Crippen LogP contribution < -0.4 is 10.1 Å². The number of rotatable bonds is 4. The van der Waals surface area contributed by atoms with E-state index in [1.165, 1.54) is 24.0 Å². The molecule has 0 spiro atoms. The van der Waals surface area contributed by atoms with Crippen LogP contribution in [0.4, 0.5) is 10.3 Å². The third kappa shape index (κ3) is 3.12. The number of fused-ring (bicyclic) bond motifs is 1. The molecular formula is C16H18FN3O. The Hall–Kier alpha value is -2.17. The zero-order valence-corrected chi connectivity index (χ0v) is 12.0. The highest BCUT2D eigenvalue weighted by atomic mass is 19.1. The third-order valence-electron chi connectivity index (χ3n) is 3.58. The van der Waals surface area contributed by atoms with Crippen LogP contribution in [-0.2, 0) is 12.8 Å². The van der Waals surface area contributed by atoms with Gasteiger partial charge in [0, 0.05) is 6.54 Å². The van der Waals surface area contributed by atoms with E-state index in [-0.39, 0.29) is 5.88 Å². The van der Waals surface area contributed by atoms with E-state index >= 15 is 0 Å². The number of aromatic nitrogens is 2. The Morgan fingerprint density at radius 2 is 2.05 bits per heavy atom. The summed E-state index contributed by atoms with van der Waals surface area (Å²) in [6, 6.07) is 5.93. The highest BCUT2D eigenvalue weighted by Gasteiger charge is 2.13. The lowest BCUT2D eigenvalue weighted by atomic mass is 9.92. The van der Waals surface area contributed by atoms with Crippen molar-refractivity contribution in [2.24, 2.45) is 0 Å². The van der Waals surface area contributed by atoms with Crippen molar-refractivity contribution < 1.29 is 9.13 Å². The number of halogens is 1. The van der Waals surface area contributed by atoms with Crippen LogP contribution in [-0.4, -0.2) is 16.5 Å². The Balaban J connectivity index is 1.84. The Morgan fingerprint density at radius 1 is 1.24 bits per heavy atom. The minimum absolute atomic E-state index is 0.0447. The first kappa shape index (κ1) is 13.8. The highest BCUT2D eigenvalue weighted by Crippen LogP contribution is 2.28. The van der Waals surface area contributed by atoms with E-state index in [0.717, 1.165) is 19.0 Å². The summed E-state index contributed by atoms with van der Waals surface area (Å²) in [5, 5.41) is 2.94. The van der Waals surface area contributed by atoms with Crippen LogP contribution in [0.15, 0.2) is 24.4 Å². The number of benzene rings is 1. The molecule has 0 bridgehead atoms. The monoisotopic (exact) mass is 287 g/mol. The summed E-state index contributed by atoms with van der Waals surface area (Å²) in [5.41, 5.74) is 2.66. The van der Waals surface area contributed by atoms with Crippen LogP contribution in [0.3, 0.4) is 0 Å². The molecule has 110 valence electrons.